The summed E-state index contributed by atoms with van der Waals surface area (Å²) in [5, 5.41) is 3.90. The van der Waals surface area contributed by atoms with E-state index in [9.17, 15) is 4.79 Å². The molecular formula is C12H9N7O. The molecule has 0 atom stereocenters. The molecule has 0 bridgehead atoms. The first-order valence-electron chi connectivity index (χ1n) is 5.70. The number of nitrogens with zero attached hydrogens (tertiary/aromatic N) is 5. The number of aromatic nitrogens is 3. The molecule has 20 heavy (non-hydrogen) atoms. The number of aliphatic imine (C=N–C) groups is 1. The van der Waals surface area contributed by atoms with Crippen molar-refractivity contribution in [3.05, 3.63) is 53.9 Å². The van der Waals surface area contributed by atoms with Crippen molar-refractivity contribution in [1.29, 1.82) is 0 Å². The highest BCUT2D eigenvalue weighted by atomic mass is 16.2. The molecule has 2 aromatic rings. The number of nitrogens with one attached hydrogen (secondary N) is 1. The number of carbonyl (C=O) groups is 1. The summed E-state index contributed by atoms with van der Waals surface area (Å²) in [4.78, 5) is 27.9. The Labute approximate surface area is 113 Å². The van der Waals surface area contributed by atoms with E-state index in [4.69, 9.17) is 5.73 Å². The molecule has 8 nitrogen and oxygen atoms in total. The molecular weight excluding hydrogens is 258 g/mol. The Kier molecular flexibility index (Phi) is 2.88. The number of nitrogens with two attached hydrogens (primary N) is 1. The predicted octanol–water partition coefficient (Wildman–Crippen LogP) is -0.318. The van der Waals surface area contributed by atoms with Gasteiger partial charge in [-0.15, -0.1) is 0 Å². The van der Waals surface area contributed by atoms with E-state index in [0.717, 1.165) is 0 Å². The molecule has 0 spiro atoms. The van der Waals surface area contributed by atoms with E-state index in [2.05, 4.69) is 30.5 Å². The fraction of sp³-hybridized carbons (Fsp3) is 0. The van der Waals surface area contributed by atoms with Gasteiger partial charge in [-0.25, -0.2) is 20.4 Å². The maximum atomic E-state index is 11.8. The van der Waals surface area contributed by atoms with Gasteiger partial charge in [0.25, 0.3) is 5.91 Å². The SMILES string of the molecule is NC1=N/C(=N\NC(=O)c2ccccn2)c2nccnc21. The molecule has 2 aromatic heterocycles. The normalized spacial score (nSPS) is 14.8. The molecule has 0 fully saturated rings. The summed E-state index contributed by atoms with van der Waals surface area (Å²) in [5.74, 6) is -0.00183. The van der Waals surface area contributed by atoms with Gasteiger partial charge >= 0.3 is 0 Å². The fourth-order valence-electron chi connectivity index (χ4n) is 1.65. The minimum Gasteiger partial charge on any atom is -0.382 e. The van der Waals surface area contributed by atoms with Crippen LogP contribution in [0.5, 0.6) is 0 Å². The molecule has 0 aliphatic carbocycles. The van der Waals surface area contributed by atoms with E-state index in [-0.39, 0.29) is 17.4 Å². The number of amidine groups is 2. The summed E-state index contributed by atoms with van der Waals surface area (Å²) < 4.78 is 0. The van der Waals surface area contributed by atoms with Crippen LogP contribution < -0.4 is 11.2 Å². The van der Waals surface area contributed by atoms with Crippen LogP contribution in [0.15, 0.2) is 46.9 Å². The van der Waals surface area contributed by atoms with Gasteiger partial charge in [0.2, 0.25) is 5.84 Å². The number of hydrazone groups is 1. The molecule has 3 heterocycles. The zero-order chi connectivity index (χ0) is 13.9. The van der Waals surface area contributed by atoms with Crippen LogP contribution in [0.1, 0.15) is 21.9 Å². The second-order valence-corrected chi connectivity index (χ2v) is 3.84. The van der Waals surface area contributed by atoms with Gasteiger partial charge in [-0.05, 0) is 12.1 Å². The Balaban J connectivity index is 1.83. The van der Waals surface area contributed by atoms with Gasteiger partial charge in [0.15, 0.2) is 5.84 Å². The van der Waals surface area contributed by atoms with E-state index in [1.54, 1.807) is 18.2 Å². The van der Waals surface area contributed by atoms with Crippen molar-refractivity contribution < 1.29 is 4.79 Å². The molecule has 0 saturated heterocycles. The third kappa shape index (κ3) is 2.09. The molecule has 0 saturated carbocycles. The van der Waals surface area contributed by atoms with Crippen LogP contribution >= 0.6 is 0 Å². The first-order chi connectivity index (χ1) is 9.75. The van der Waals surface area contributed by atoms with Crippen molar-refractivity contribution in [1.82, 2.24) is 20.4 Å². The van der Waals surface area contributed by atoms with E-state index >= 15 is 0 Å². The second kappa shape index (κ2) is 4.84. The molecule has 1 amide bonds. The zero-order valence-electron chi connectivity index (χ0n) is 10.2. The predicted molar refractivity (Wildman–Crippen MR) is 71.0 cm³/mol. The van der Waals surface area contributed by atoms with E-state index in [1.807, 2.05) is 0 Å². The van der Waals surface area contributed by atoms with Gasteiger partial charge in [0.1, 0.15) is 17.1 Å². The lowest BCUT2D eigenvalue weighted by molar-refractivity contribution is 0.0950. The maximum Gasteiger partial charge on any atom is 0.290 e. The largest absolute Gasteiger partial charge is 0.382 e. The monoisotopic (exact) mass is 267 g/mol. The average Bonchev–Trinajstić information content (AvgIpc) is 2.83. The van der Waals surface area contributed by atoms with Gasteiger partial charge in [-0.2, -0.15) is 5.10 Å². The lowest BCUT2D eigenvalue weighted by Gasteiger charge is -1.99. The standard InChI is InChI=1S/C12H9N7O/c13-10-8-9(16-6-5-15-8)11(17-10)18-19-12(20)7-3-1-2-4-14-7/h1-6H,(H,19,20)(H2,13,17,18). The number of fused-ring (bicyclic) bond motifs is 1. The fourth-order valence-corrected chi connectivity index (χ4v) is 1.65. The third-order valence-electron chi connectivity index (χ3n) is 2.54. The third-order valence-corrected chi connectivity index (χ3v) is 2.54. The summed E-state index contributed by atoms with van der Waals surface area (Å²) >= 11 is 0. The number of amides is 1. The van der Waals surface area contributed by atoms with Crippen molar-refractivity contribution in [3.63, 3.8) is 0 Å². The number of hydrogen-bond acceptors (Lipinski definition) is 6. The van der Waals surface area contributed by atoms with Gasteiger partial charge < -0.3 is 5.73 Å². The number of rotatable bonds is 2. The summed E-state index contributed by atoms with van der Waals surface area (Å²) in [6.45, 7) is 0. The maximum absolute atomic E-state index is 11.8. The van der Waals surface area contributed by atoms with E-state index in [1.165, 1.54) is 18.6 Å². The van der Waals surface area contributed by atoms with Gasteiger partial charge in [0.05, 0.1) is 0 Å². The minimum absolute atomic E-state index is 0.217. The van der Waals surface area contributed by atoms with Crippen LogP contribution in [0.3, 0.4) is 0 Å². The lowest BCUT2D eigenvalue weighted by Crippen LogP contribution is -2.20. The average molecular weight is 267 g/mol. The molecule has 3 N–H and O–H groups in total. The molecule has 0 radical (unpaired) electrons. The quantitative estimate of drug-likeness (QED) is 0.723. The Morgan fingerprint density at radius 1 is 1.10 bits per heavy atom. The smallest absolute Gasteiger partial charge is 0.290 e. The summed E-state index contributed by atoms with van der Waals surface area (Å²) in [6, 6.07) is 5.01. The van der Waals surface area contributed by atoms with E-state index < -0.39 is 5.91 Å². The lowest BCUT2D eigenvalue weighted by atomic mass is 10.3. The van der Waals surface area contributed by atoms with Crippen molar-refractivity contribution in [2.75, 3.05) is 0 Å². The zero-order valence-corrected chi connectivity index (χ0v) is 10.2. The highest BCUT2D eigenvalue weighted by Gasteiger charge is 2.22. The first-order valence-corrected chi connectivity index (χ1v) is 5.70. The summed E-state index contributed by atoms with van der Waals surface area (Å²) in [6.07, 6.45) is 4.54. The van der Waals surface area contributed by atoms with Crippen LogP contribution in [0, 0.1) is 0 Å². The van der Waals surface area contributed by atoms with Crippen molar-refractivity contribution in [2.45, 2.75) is 0 Å². The van der Waals surface area contributed by atoms with Crippen molar-refractivity contribution in [2.24, 2.45) is 15.8 Å². The Morgan fingerprint density at radius 3 is 2.65 bits per heavy atom. The topological polar surface area (TPSA) is 119 Å². The molecule has 1 aliphatic heterocycles. The molecule has 0 aromatic carbocycles. The van der Waals surface area contributed by atoms with Crippen LogP contribution in [0.4, 0.5) is 0 Å². The van der Waals surface area contributed by atoms with Crippen LogP contribution in [0.25, 0.3) is 0 Å². The van der Waals surface area contributed by atoms with Crippen LogP contribution in [0.2, 0.25) is 0 Å². The number of pyridine rings is 1. The highest BCUT2D eigenvalue weighted by Crippen LogP contribution is 2.11. The van der Waals surface area contributed by atoms with Gasteiger partial charge in [-0.3, -0.25) is 9.78 Å². The van der Waals surface area contributed by atoms with Gasteiger partial charge in [-0.1, -0.05) is 6.07 Å². The Hall–Kier alpha value is -3.16. The first kappa shape index (κ1) is 11.9. The molecule has 3 rings (SSSR count). The molecule has 98 valence electrons. The highest BCUT2D eigenvalue weighted by molar-refractivity contribution is 6.20. The van der Waals surface area contributed by atoms with Crippen molar-refractivity contribution in [3.8, 4) is 0 Å². The number of hydrogen-bond donors (Lipinski definition) is 2. The Morgan fingerprint density at radius 2 is 1.90 bits per heavy atom. The number of carbonyl (C=O) groups excluding carboxylic acids is 1. The Bertz CT molecular complexity index is 724. The summed E-state index contributed by atoms with van der Waals surface area (Å²) in [7, 11) is 0. The van der Waals surface area contributed by atoms with Crippen LogP contribution in [-0.2, 0) is 0 Å². The van der Waals surface area contributed by atoms with E-state index in [0.29, 0.717) is 11.4 Å². The molecule has 0 unspecified atom stereocenters. The van der Waals surface area contributed by atoms with Gasteiger partial charge in [0, 0.05) is 18.6 Å². The minimum atomic E-state index is -0.441. The second-order valence-electron chi connectivity index (χ2n) is 3.84. The molecule has 8 heteroatoms. The van der Waals surface area contributed by atoms with Crippen molar-refractivity contribution >= 4 is 17.6 Å². The van der Waals surface area contributed by atoms with Crippen LogP contribution in [-0.4, -0.2) is 32.5 Å². The summed E-state index contributed by atoms with van der Waals surface area (Å²) in [5.41, 5.74) is 9.20. The molecule has 1 aliphatic rings.